The van der Waals surface area contributed by atoms with E-state index in [4.69, 9.17) is 4.98 Å². The van der Waals surface area contributed by atoms with E-state index in [1.807, 2.05) is 0 Å². The minimum absolute atomic E-state index is 0.273. The van der Waals surface area contributed by atoms with Crippen LogP contribution in [0, 0.1) is 11.7 Å². The number of pyridine rings is 1. The SMILES string of the molecule is CCCCC1CCc2nc(C3CCCC3)c(Cc3ccc(C(F)(F)F)cc3)c(-c3ccc(F)cc3)c2C(O)C1. The first-order chi connectivity index (χ1) is 18.7. The van der Waals surface area contributed by atoms with Crippen molar-refractivity contribution in [2.45, 2.75) is 95.8 Å². The predicted molar refractivity (Wildman–Crippen MR) is 146 cm³/mol. The highest BCUT2D eigenvalue weighted by Crippen LogP contribution is 2.46. The van der Waals surface area contributed by atoms with E-state index >= 15 is 0 Å². The van der Waals surface area contributed by atoms with Crippen LogP contribution >= 0.6 is 0 Å². The standard InChI is InChI=1S/C33H37F4NO/c1-2-3-6-21-11-18-28-31(29(39)20-21)30(23-12-16-26(34)17-13-23)27(32(38-28)24-7-4-5-8-24)19-22-9-14-25(15-10-22)33(35,36)37/h9-10,12-17,21,24,29,39H,2-8,11,18-20H2,1H3. The number of nitrogens with zero attached hydrogens (tertiary/aromatic N) is 1. The molecule has 208 valence electrons. The molecule has 2 atom stereocenters. The Labute approximate surface area is 228 Å². The number of aliphatic hydroxyl groups excluding tert-OH is 1. The van der Waals surface area contributed by atoms with Crippen molar-refractivity contribution in [3.8, 4) is 11.1 Å². The smallest absolute Gasteiger partial charge is 0.388 e. The number of fused-ring (bicyclic) bond motifs is 1. The molecule has 0 saturated heterocycles. The fourth-order valence-electron chi connectivity index (χ4n) is 6.58. The van der Waals surface area contributed by atoms with Gasteiger partial charge in [-0.2, -0.15) is 13.2 Å². The number of aliphatic hydroxyl groups is 1. The van der Waals surface area contributed by atoms with E-state index in [-0.39, 0.29) is 11.7 Å². The zero-order chi connectivity index (χ0) is 27.6. The highest BCUT2D eigenvalue weighted by Gasteiger charge is 2.33. The maximum absolute atomic E-state index is 14.0. The number of hydrogen-bond acceptors (Lipinski definition) is 2. The third-order valence-corrected chi connectivity index (χ3v) is 8.63. The lowest BCUT2D eigenvalue weighted by atomic mass is 9.83. The van der Waals surface area contributed by atoms with Gasteiger partial charge >= 0.3 is 6.18 Å². The van der Waals surface area contributed by atoms with E-state index < -0.39 is 17.8 Å². The van der Waals surface area contributed by atoms with Gasteiger partial charge in [0.2, 0.25) is 0 Å². The minimum atomic E-state index is -4.39. The second-order valence-corrected chi connectivity index (χ2v) is 11.4. The highest BCUT2D eigenvalue weighted by molar-refractivity contribution is 5.74. The van der Waals surface area contributed by atoms with Gasteiger partial charge in [0.15, 0.2) is 0 Å². The third kappa shape index (κ3) is 6.21. The van der Waals surface area contributed by atoms with Gasteiger partial charge in [0, 0.05) is 22.9 Å². The second-order valence-electron chi connectivity index (χ2n) is 11.4. The summed E-state index contributed by atoms with van der Waals surface area (Å²) < 4.78 is 53.7. The van der Waals surface area contributed by atoms with Crippen molar-refractivity contribution < 1.29 is 22.7 Å². The number of hydrogen-bond donors (Lipinski definition) is 1. The Kier molecular flexibility index (Phi) is 8.41. The maximum atomic E-state index is 14.0. The molecule has 39 heavy (non-hydrogen) atoms. The number of unbranched alkanes of at least 4 members (excludes halogenated alkanes) is 1. The van der Waals surface area contributed by atoms with Crippen LogP contribution in [0.4, 0.5) is 17.6 Å². The van der Waals surface area contributed by atoms with Gasteiger partial charge in [-0.1, -0.05) is 63.3 Å². The summed E-state index contributed by atoms with van der Waals surface area (Å²) in [5, 5.41) is 11.6. The lowest BCUT2D eigenvalue weighted by Crippen LogP contribution is -2.14. The first-order valence-electron chi connectivity index (χ1n) is 14.4. The number of benzene rings is 2. The molecule has 2 aromatic carbocycles. The molecule has 5 rings (SSSR count). The minimum Gasteiger partial charge on any atom is -0.388 e. The van der Waals surface area contributed by atoms with Crippen LogP contribution < -0.4 is 0 Å². The third-order valence-electron chi connectivity index (χ3n) is 8.63. The number of aryl methyl sites for hydroxylation is 1. The van der Waals surface area contributed by atoms with Gasteiger partial charge in [-0.3, -0.25) is 4.98 Å². The van der Waals surface area contributed by atoms with Crippen LogP contribution in [0.15, 0.2) is 48.5 Å². The van der Waals surface area contributed by atoms with E-state index in [0.717, 1.165) is 109 Å². The Bertz CT molecular complexity index is 1260. The van der Waals surface area contributed by atoms with Crippen molar-refractivity contribution in [3.05, 3.63) is 88.0 Å². The van der Waals surface area contributed by atoms with E-state index in [9.17, 15) is 22.7 Å². The molecule has 1 heterocycles. The van der Waals surface area contributed by atoms with E-state index in [2.05, 4.69) is 6.92 Å². The molecule has 2 aliphatic rings. The van der Waals surface area contributed by atoms with Gasteiger partial charge in [-0.05, 0) is 91.0 Å². The van der Waals surface area contributed by atoms with Crippen LogP contribution in [-0.4, -0.2) is 10.1 Å². The quantitative estimate of drug-likeness (QED) is 0.240. The fraction of sp³-hybridized carbons (Fsp3) is 0.485. The predicted octanol–water partition coefficient (Wildman–Crippen LogP) is 9.33. The molecule has 1 N–H and O–H groups in total. The number of rotatable bonds is 7. The Morgan fingerprint density at radius 1 is 0.949 bits per heavy atom. The van der Waals surface area contributed by atoms with Gasteiger partial charge in [0.25, 0.3) is 0 Å². The van der Waals surface area contributed by atoms with Gasteiger partial charge in [-0.25, -0.2) is 4.39 Å². The summed E-state index contributed by atoms with van der Waals surface area (Å²) in [5.74, 6) is 0.345. The molecule has 2 nitrogen and oxygen atoms in total. The summed E-state index contributed by atoms with van der Waals surface area (Å²) in [6.07, 6.45) is 5.34. The van der Waals surface area contributed by atoms with Crippen LogP contribution in [-0.2, 0) is 19.0 Å². The molecule has 6 heteroatoms. The Morgan fingerprint density at radius 3 is 2.28 bits per heavy atom. The van der Waals surface area contributed by atoms with Crippen LogP contribution in [0.3, 0.4) is 0 Å². The van der Waals surface area contributed by atoms with E-state index in [1.54, 1.807) is 24.3 Å². The molecule has 0 bridgehead atoms. The average Bonchev–Trinajstić information content (AvgIpc) is 3.40. The van der Waals surface area contributed by atoms with E-state index in [0.29, 0.717) is 18.8 Å². The molecule has 1 saturated carbocycles. The van der Waals surface area contributed by atoms with Crippen molar-refractivity contribution in [2.24, 2.45) is 5.92 Å². The van der Waals surface area contributed by atoms with Crippen molar-refractivity contribution >= 4 is 0 Å². The fourth-order valence-corrected chi connectivity index (χ4v) is 6.58. The summed E-state index contributed by atoms with van der Waals surface area (Å²) in [5.41, 5.74) is 5.52. The van der Waals surface area contributed by atoms with Gasteiger partial charge in [-0.15, -0.1) is 0 Å². The Morgan fingerprint density at radius 2 is 1.64 bits per heavy atom. The average molecular weight is 540 g/mol. The summed E-state index contributed by atoms with van der Waals surface area (Å²) >= 11 is 0. The van der Waals surface area contributed by atoms with Crippen molar-refractivity contribution in [2.75, 3.05) is 0 Å². The molecular formula is C33H37F4NO. The first-order valence-corrected chi connectivity index (χ1v) is 14.4. The summed E-state index contributed by atoms with van der Waals surface area (Å²) in [4.78, 5) is 5.26. The van der Waals surface area contributed by atoms with Gasteiger partial charge in [0.1, 0.15) is 5.82 Å². The summed E-state index contributed by atoms with van der Waals surface area (Å²) in [7, 11) is 0. The molecule has 0 aliphatic heterocycles. The topological polar surface area (TPSA) is 33.1 Å². The van der Waals surface area contributed by atoms with Crippen LogP contribution in [0.2, 0.25) is 0 Å². The van der Waals surface area contributed by atoms with Crippen molar-refractivity contribution in [1.82, 2.24) is 4.98 Å². The number of alkyl halides is 3. The van der Waals surface area contributed by atoms with Crippen molar-refractivity contribution in [1.29, 1.82) is 0 Å². The molecule has 3 aromatic rings. The lowest BCUT2D eigenvalue weighted by Gasteiger charge is -2.26. The molecule has 0 radical (unpaired) electrons. The normalized spacial score (nSPS) is 20.2. The Balaban J connectivity index is 1.67. The highest BCUT2D eigenvalue weighted by atomic mass is 19.4. The number of halogens is 4. The molecule has 1 aromatic heterocycles. The van der Waals surface area contributed by atoms with Gasteiger partial charge in [0.05, 0.1) is 11.7 Å². The molecule has 0 spiro atoms. The zero-order valence-corrected chi connectivity index (χ0v) is 22.5. The molecule has 2 unspecified atom stereocenters. The summed E-state index contributed by atoms with van der Waals surface area (Å²) in [6, 6.07) is 11.7. The van der Waals surface area contributed by atoms with Crippen LogP contribution in [0.25, 0.3) is 11.1 Å². The largest absolute Gasteiger partial charge is 0.416 e. The molecular weight excluding hydrogens is 502 g/mol. The maximum Gasteiger partial charge on any atom is 0.416 e. The summed E-state index contributed by atoms with van der Waals surface area (Å²) in [6.45, 7) is 2.18. The number of aromatic nitrogens is 1. The first kappa shape index (κ1) is 27.8. The zero-order valence-electron chi connectivity index (χ0n) is 22.5. The Hall–Kier alpha value is -2.73. The molecule has 1 fully saturated rings. The van der Waals surface area contributed by atoms with Crippen LogP contribution in [0.5, 0.6) is 0 Å². The van der Waals surface area contributed by atoms with Crippen molar-refractivity contribution in [3.63, 3.8) is 0 Å². The van der Waals surface area contributed by atoms with Gasteiger partial charge < -0.3 is 5.11 Å². The van der Waals surface area contributed by atoms with Crippen LogP contribution in [0.1, 0.15) is 110 Å². The monoisotopic (exact) mass is 539 g/mol. The van der Waals surface area contributed by atoms with E-state index in [1.165, 1.54) is 12.1 Å². The molecule has 2 aliphatic carbocycles. The second kappa shape index (κ2) is 11.8. The lowest BCUT2D eigenvalue weighted by molar-refractivity contribution is -0.137. The molecule has 0 amide bonds.